The van der Waals surface area contributed by atoms with Gasteiger partial charge in [0, 0.05) is 18.7 Å². The predicted molar refractivity (Wildman–Crippen MR) is 117 cm³/mol. The van der Waals surface area contributed by atoms with Crippen LogP contribution >= 0.6 is 0 Å². The molecule has 0 aromatic heterocycles. The molecule has 0 spiro atoms. The van der Waals surface area contributed by atoms with Crippen LogP contribution in [0.3, 0.4) is 0 Å². The zero-order chi connectivity index (χ0) is 21.7. The fourth-order valence-electron chi connectivity index (χ4n) is 3.95. The third kappa shape index (κ3) is 5.64. The Balaban J connectivity index is 1.23. The van der Waals surface area contributed by atoms with E-state index >= 15 is 0 Å². The second-order valence-electron chi connectivity index (χ2n) is 7.90. The number of fused-ring (bicyclic) bond motifs is 1. The minimum Gasteiger partial charge on any atom is -0.492 e. The summed E-state index contributed by atoms with van der Waals surface area (Å²) in [7, 11) is -3.63. The molecule has 2 aliphatic rings. The molecule has 0 bridgehead atoms. The van der Waals surface area contributed by atoms with Gasteiger partial charge in [0.2, 0.25) is 10.0 Å². The van der Waals surface area contributed by atoms with Gasteiger partial charge in [0.1, 0.15) is 12.4 Å². The number of rotatable bonds is 9. The van der Waals surface area contributed by atoms with Crippen molar-refractivity contribution in [2.24, 2.45) is 0 Å². The van der Waals surface area contributed by atoms with E-state index in [4.69, 9.17) is 9.47 Å². The van der Waals surface area contributed by atoms with Crippen LogP contribution in [-0.4, -0.2) is 46.7 Å². The largest absolute Gasteiger partial charge is 0.492 e. The molecule has 1 heterocycles. The van der Waals surface area contributed by atoms with Crippen molar-refractivity contribution in [2.45, 2.75) is 43.1 Å². The van der Waals surface area contributed by atoms with Gasteiger partial charge in [-0.05, 0) is 79.6 Å². The van der Waals surface area contributed by atoms with Crippen LogP contribution in [-0.2, 0) is 27.6 Å². The summed E-state index contributed by atoms with van der Waals surface area (Å²) in [4.78, 5) is 12.4. The molecule has 1 saturated heterocycles. The summed E-state index contributed by atoms with van der Waals surface area (Å²) >= 11 is 0. The summed E-state index contributed by atoms with van der Waals surface area (Å²) in [5.41, 5.74) is 3.14. The Morgan fingerprint density at radius 2 is 1.87 bits per heavy atom. The maximum Gasteiger partial charge on any atom is 0.251 e. The highest BCUT2D eigenvalue weighted by molar-refractivity contribution is 7.89. The molecule has 1 atom stereocenters. The Bertz CT molecular complexity index is 1010. The van der Waals surface area contributed by atoms with Gasteiger partial charge < -0.3 is 14.8 Å². The second kappa shape index (κ2) is 9.80. The predicted octanol–water partition coefficient (Wildman–Crippen LogP) is 2.44. The zero-order valence-corrected chi connectivity index (χ0v) is 18.2. The lowest BCUT2D eigenvalue weighted by Crippen LogP contribution is -2.32. The van der Waals surface area contributed by atoms with E-state index in [1.165, 1.54) is 41.8 Å². The zero-order valence-electron chi connectivity index (χ0n) is 17.4. The molecule has 0 radical (unpaired) electrons. The second-order valence-corrected chi connectivity index (χ2v) is 9.67. The van der Waals surface area contributed by atoms with Gasteiger partial charge in [0.15, 0.2) is 0 Å². The molecule has 1 fully saturated rings. The summed E-state index contributed by atoms with van der Waals surface area (Å²) < 4.78 is 38.6. The Morgan fingerprint density at radius 3 is 2.65 bits per heavy atom. The summed E-state index contributed by atoms with van der Waals surface area (Å²) in [5, 5.41) is 2.80. The molecule has 1 unspecified atom stereocenters. The molecular formula is C23H28N2O5S. The lowest BCUT2D eigenvalue weighted by Gasteiger charge is -2.12. The van der Waals surface area contributed by atoms with Crippen molar-refractivity contribution in [3.05, 3.63) is 59.2 Å². The fraction of sp³-hybridized carbons (Fsp3) is 0.435. The maximum atomic E-state index is 12.4. The number of carbonyl (C=O) groups excluding carboxylic acids is 1. The molecule has 4 rings (SSSR count). The smallest absolute Gasteiger partial charge is 0.251 e. The maximum absolute atomic E-state index is 12.4. The Kier molecular flexibility index (Phi) is 6.89. The van der Waals surface area contributed by atoms with Gasteiger partial charge in [-0.2, -0.15) is 0 Å². The standard InChI is InChI=1S/C23H28N2O5S/c26-23(24-12-14-30-20-9-6-17-3-1-4-19(17)15-20)18-7-10-22(11-8-18)31(27,28)25-16-21-5-2-13-29-21/h6-11,15,21,25H,1-5,12-14,16H2,(H,24,26). The van der Waals surface area contributed by atoms with E-state index in [0.29, 0.717) is 25.3 Å². The van der Waals surface area contributed by atoms with Crippen molar-refractivity contribution in [3.63, 3.8) is 0 Å². The first-order valence-electron chi connectivity index (χ1n) is 10.8. The van der Waals surface area contributed by atoms with Crippen LogP contribution in [0.25, 0.3) is 0 Å². The SMILES string of the molecule is O=C(NCCOc1ccc2c(c1)CCC2)c1ccc(S(=O)(=O)NCC2CCCO2)cc1. The third-order valence-corrected chi connectivity index (χ3v) is 7.12. The molecule has 8 heteroatoms. The number of ether oxygens (including phenoxy) is 2. The highest BCUT2D eigenvalue weighted by Gasteiger charge is 2.20. The van der Waals surface area contributed by atoms with E-state index in [-0.39, 0.29) is 23.5 Å². The van der Waals surface area contributed by atoms with Crippen molar-refractivity contribution in [3.8, 4) is 5.75 Å². The van der Waals surface area contributed by atoms with Crippen molar-refractivity contribution < 1.29 is 22.7 Å². The van der Waals surface area contributed by atoms with Crippen LogP contribution in [0.1, 0.15) is 40.7 Å². The van der Waals surface area contributed by atoms with Crippen molar-refractivity contribution in [1.82, 2.24) is 10.0 Å². The van der Waals surface area contributed by atoms with Crippen LogP contribution in [0, 0.1) is 0 Å². The minimum absolute atomic E-state index is 0.0705. The van der Waals surface area contributed by atoms with E-state index in [2.05, 4.69) is 22.2 Å². The Labute approximate surface area is 183 Å². The van der Waals surface area contributed by atoms with Crippen molar-refractivity contribution in [2.75, 3.05) is 26.3 Å². The number of amides is 1. The van der Waals surface area contributed by atoms with Gasteiger partial charge in [-0.15, -0.1) is 0 Å². The van der Waals surface area contributed by atoms with Crippen LogP contribution < -0.4 is 14.8 Å². The van der Waals surface area contributed by atoms with E-state index in [0.717, 1.165) is 31.4 Å². The number of carbonyl (C=O) groups is 1. The van der Waals surface area contributed by atoms with E-state index in [1.807, 2.05) is 6.07 Å². The highest BCUT2D eigenvalue weighted by atomic mass is 32.2. The lowest BCUT2D eigenvalue weighted by atomic mass is 10.1. The van der Waals surface area contributed by atoms with Gasteiger partial charge >= 0.3 is 0 Å². The summed E-state index contributed by atoms with van der Waals surface area (Å²) in [6, 6.07) is 12.1. The molecule has 1 amide bonds. The van der Waals surface area contributed by atoms with E-state index in [9.17, 15) is 13.2 Å². The normalized spacial score (nSPS) is 18.0. The quantitative estimate of drug-likeness (QED) is 0.580. The molecule has 2 N–H and O–H groups in total. The number of aryl methyl sites for hydroxylation is 2. The topological polar surface area (TPSA) is 93.7 Å². The van der Waals surface area contributed by atoms with Gasteiger partial charge in [-0.1, -0.05) is 6.07 Å². The molecule has 0 saturated carbocycles. The molecule has 166 valence electrons. The van der Waals surface area contributed by atoms with Gasteiger partial charge in [-0.3, -0.25) is 4.79 Å². The highest BCUT2D eigenvalue weighted by Crippen LogP contribution is 2.25. The van der Waals surface area contributed by atoms with Crippen LogP contribution in [0.15, 0.2) is 47.4 Å². The first-order valence-corrected chi connectivity index (χ1v) is 12.2. The van der Waals surface area contributed by atoms with Crippen molar-refractivity contribution in [1.29, 1.82) is 0 Å². The summed E-state index contributed by atoms with van der Waals surface area (Å²) in [6.45, 7) is 1.66. The third-order valence-electron chi connectivity index (χ3n) is 5.68. The first-order chi connectivity index (χ1) is 15.0. The van der Waals surface area contributed by atoms with Crippen LogP contribution in [0.5, 0.6) is 5.75 Å². The number of benzene rings is 2. The molecule has 7 nitrogen and oxygen atoms in total. The molecule has 2 aromatic rings. The average Bonchev–Trinajstić information content (AvgIpc) is 3.47. The first kappa shape index (κ1) is 21.8. The number of hydrogen-bond acceptors (Lipinski definition) is 5. The molecular weight excluding hydrogens is 416 g/mol. The number of sulfonamides is 1. The average molecular weight is 445 g/mol. The minimum atomic E-state index is -3.63. The lowest BCUT2D eigenvalue weighted by molar-refractivity contribution is 0.0947. The fourth-order valence-corrected chi connectivity index (χ4v) is 5.02. The molecule has 2 aromatic carbocycles. The van der Waals surface area contributed by atoms with E-state index < -0.39 is 10.0 Å². The summed E-state index contributed by atoms with van der Waals surface area (Å²) in [6.07, 6.45) is 5.17. The summed E-state index contributed by atoms with van der Waals surface area (Å²) in [5.74, 6) is 0.550. The van der Waals surface area contributed by atoms with Gasteiger partial charge in [0.05, 0.1) is 17.5 Å². The van der Waals surface area contributed by atoms with Crippen LogP contribution in [0.2, 0.25) is 0 Å². The van der Waals surface area contributed by atoms with Crippen LogP contribution in [0.4, 0.5) is 0 Å². The van der Waals surface area contributed by atoms with Crippen molar-refractivity contribution >= 4 is 15.9 Å². The molecule has 1 aliphatic carbocycles. The monoisotopic (exact) mass is 444 g/mol. The molecule has 1 aliphatic heterocycles. The van der Waals surface area contributed by atoms with Gasteiger partial charge in [-0.25, -0.2) is 13.1 Å². The van der Waals surface area contributed by atoms with Gasteiger partial charge in [0.25, 0.3) is 5.91 Å². The van der Waals surface area contributed by atoms with E-state index in [1.54, 1.807) is 0 Å². The number of nitrogens with one attached hydrogen (secondary N) is 2. The Hall–Kier alpha value is -2.42. The molecule has 31 heavy (non-hydrogen) atoms. The Morgan fingerprint density at radius 1 is 1.06 bits per heavy atom. The number of hydrogen-bond donors (Lipinski definition) is 2.